The molecule has 2 heterocycles. The molecule has 1 saturated heterocycles. The minimum atomic E-state index is 0.106. The van der Waals surface area contributed by atoms with Crippen LogP contribution in [0.4, 0.5) is 0 Å². The third kappa shape index (κ3) is 3.17. The van der Waals surface area contributed by atoms with Crippen LogP contribution in [0.5, 0.6) is 0 Å². The summed E-state index contributed by atoms with van der Waals surface area (Å²) in [5.74, 6) is 0. The summed E-state index contributed by atoms with van der Waals surface area (Å²) in [5, 5.41) is 7.71. The molecule has 0 amide bonds. The van der Waals surface area contributed by atoms with Gasteiger partial charge in [0.1, 0.15) is 0 Å². The van der Waals surface area contributed by atoms with Crippen molar-refractivity contribution in [3.8, 4) is 0 Å². The van der Waals surface area contributed by atoms with Crippen LogP contribution in [0.3, 0.4) is 0 Å². The number of aromatic nitrogens is 1. The molecule has 21 heavy (non-hydrogen) atoms. The van der Waals surface area contributed by atoms with E-state index in [4.69, 9.17) is 0 Å². The minimum absolute atomic E-state index is 0.106. The first-order valence-corrected chi connectivity index (χ1v) is 7.71. The molecule has 0 saturated carbocycles. The molecule has 0 bridgehead atoms. The van der Waals surface area contributed by atoms with Crippen molar-refractivity contribution >= 4 is 10.9 Å². The van der Waals surface area contributed by atoms with Crippen LogP contribution in [-0.4, -0.2) is 24.1 Å². The zero-order valence-electron chi connectivity index (χ0n) is 12.8. The third-order valence-electron chi connectivity index (χ3n) is 4.21. The van der Waals surface area contributed by atoms with Gasteiger partial charge in [-0.1, -0.05) is 6.07 Å². The summed E-state index contributed by atoms with van der Waals surface area (Å²) in [7, 11) is 0. The molecule has 4 heteroatoms. The van der Waals surface area contributed by atoms with Gasteiger partial charge in [0.25, 0.3) is 0 Å². The fourth-order valence-corrected chi connectivity index (χ4v) is 3.14. The van der Waals surface area contributed by atoms with Crippen LogP contribution in [0.1, 0.15) is 29.7 Å². The van der Waals surface area contributed by atoms with Crippen molar-refractivity contribution in [3.05, 3.63) is 45.2 Å². The van der Waals surface area contributed by atoms with Crippen LogP contribution >= 0.6 is 0 Å². The molecule has 1 atom stereocenters. The summed E-state index contributed by atoms with van der Waals surface area (Å²) in [6.07, 6.45) is 2.41. The highest BCUT2D eigenvalue weighted by Gasteiger charge is 2.12. The molecule has 1 aliphatic rings. The lowest BCUT2D eigenvalue weighted by Crippen LogP contribution is -2.42. The summed E-state index contributed by atoms with van der Waals surface area (Å²) >= 11 is 0. The second-order valence-electron chi connectivity index (χ2n) is 6.09. The van der Waals surface area contributed by atoms with Gasteiger partial charge >= 0.3 is 0 Å². The molecular weight excluding hydrogens is 262 g/mol. The van der Waals surface area contributed by atoms with Crippen LogP contribution in [0.2, 0.25) is 0 Å². The van der Waals surface area contributed by atoms with Crippen LogP contribution < -0.4 is 16.1 Å². The molecular formula is C17H23N3O. The minimum Gasteiger partial charge on any atom is -0.357 e. The Bertz CT molecular complexity index is 699. The van der Waals surface area contributed by atoms with Crippen LogP contribution in [0, 0.1) is 13.8 Å². The quantitative estimate of drug-likeness (QED) is 0.808. The number of aromatic amines is 1. The smallest absolute Gasteiger partial charge is 0.189 e. The SMILES string of the molecule is Cc1cc(C)c2[nH]c(CN[C@H]3CCCNC3)cc(=O)c2c1. The fraction of sp³-hybridized carbons (Fsp3) is 0.471. The summed E-state index contributed by atoms with van der Waals surface area (Å²) in [6.45, 7) is 6.91. The van der Waals surface area contributed by atoms with Gasteiger partial charge in [0.05, 0.1) is 5.52 Å². The Labute approximate surface area is 125 Å². The van der Waals surface area contributed by atoms with Crippen molar-refractivity contribution in [2.24, 2.45) is 0 Å². The van der Waals surface area contributed by atoms with E-state index in [9.17, 15) is 4.79 Å². The predicted octanol–water partition coefficient (Wildman–Crippen LogP) is 1.99. The van der Waals surface area contributed by atoms with Crippen LogP contribution in [0.15, 0.2) is 23.0 Å². The maximum Gasteiger partial charge on any atom is 0.189 e. The molecule has 3 N–H and O–H groups in total. The summed E-state index contributed by atoms with van der Waals surface area (Å²) in [5.41, 5.74) is 4.29. The first-order valence-electron chi connectivity index (χ1n) is 7.71. The molecule has 1 aromatic heterocycles. The van der Waals surface area contributed by atoms with Crippen molar-refractivity contribution in [1.82, 2.24) is 15.6 Å². The van der Waals surface area contributed by atoms with Gasteiger partial charge in [0.15, 0.2) is 5.43 Å². The lowest BCUT2D eigenvalue weighted by molar-refractivity contribution is 0.387. The Morgan fingerprint density at radius 3 is 2.90 bits per heavy atom. The van der Waals surface area contributed by atoms with Gasteiger partial charge in [-0.3, -0.25) is 4.79 Å². The molecule has 0 unspecified atom stereocenters. The highest BCUT2D eigenvalue weighted by atomic mass is 16.1. The maximum absolute atomic E-state index is 12.3. The Kier molecular flexibility index (Phi) is 4.08. The van der Waals surface area contributed by atoms with Crippen LogP contribution in [-0.2, 0) is 6.54 Å². The van der Waals surface area contributed by atoms with Crippen molar-refractivity contribution in [3.63, 3.8) is 0 Å². The van der Waals surface area contributed by atoms with Crippen molar-refractivity contribution in [2.45, 2.75) is 39.3 Å². The van der Waals surface area contributed by atoms with Crippen molar-refractivity contribution in [2.75, 3.05) is 13.1 Å². The standard InChI is InChI=1S/C17H23N3O/c1-11-6-12(2)17-15(7-11)16(21)8-14(20-17)10-19-13-4-3-5-18-9-13/h6-8,13,18-19H,3-5,9-10H2,1-2H3,(H,20,21)/t13-/m0/s1. The number of aryl methyl sites for hydroxylation is 2. The topological polar surface area (TPSA) is 56.9 Å². The largest absolute Gasteiger partial charge is 0.357 e. The van der Waals surface area contributed by atoms with Gasteiger partial charge in [-0.2, -0.15) is 0 Å². The fourth-order valence-electron chi connectivity index (χ4n) is 3.14. The first kappa shape index (κ1) is 14.3. The van der Waals surface area contributed by atoms with Crippen molar-refractivity contribution in [1.29, 1.82) is 0 Å². The van der Waals surface area contributed by atoms with Gasteiger partial charge in [-0.25, -0.2) is 0 Å². The molecule has 4 nitrogen and oxygen atoms in total. The van der Waals surface area contributed by atoms with E-state index in [0.717, 1.165) is 40.8 Å². The van der Waals surface area contributed by atoms with E-state index in [1.807, 2.05) is 19.9 Å². The average molecular weight is 285 g/mol. The summed E-state index contributed by atoms with van der Waals surface area (Å²) in [4.78, 5) is 15.7. The lowest BCUT2D eigenvalue weighted by atomic mass is 10.1. The zero-order valence-corrected chi connectivity index (χ0v) is 12.8. The number of nitrogens with one attached hydrogen (secondary N) is 3. The summed E-state index contributed by atoms with van der Waals surface area (Å²) in [6, 6.07) is 6.30. The molecule has 3 rings (SSSR count). The highest BCUT2D eigenvalue weighted by Crippen LogP contribution is 2.16. The Morgan fingerprint density at radius 2 is 2.14 bits per heavy atom. The van der Waals surface area contributed by atoms with Gasteiger partial charge in [0, 0.05) is 36.3 Å². The van der Waals surface area contributed by atoms with E-state index in [1.165, 1.54) is 12.8 Å². The van der Waals surface area contributed by atoms with Gasteiger partial charge in [0.2, 0.25) is 0 Å². The molecule has 0 aliphatic carbocycles. The molecule has 1 aliphatic heterocycles. The number of benzene rings is 1. The van der Waals surface area contributed by atoms with E-state index < -0.39 is 0 Å². The van der Waals surface area contributed by atoms with E-state index in [2.05, 4.69) is 21.7 Å². The van der Waals surface area contributed by atoms with Crippen LogP contribution in [0.25, 0.3) is 10.9 Å². The number of fused-ring (bicyclic) bond motifs is 1. The van der Waals surface area contributed by atoms with Crippen molar-refractivity contribution < 1.29 is 0 Å². The third-order valence-corrected chi connectivity index (χ3v) is 4.21. The molecule has 0 spiro atoms. The number of hydrogen-bond acceptors (Lipinski definition) is 3. The summed E-state index contributed by atoms with van der Waals surface area (Å²) < 4.78 is 0. The molecule has 112 valence electrons. The number of pyridine rings is 1. The van der Waals surface area contributed by atoms with Gasteiger partial charge < -0.3 is 15.6 Å². The van der Waals surface area contributed by atoms with E-state index in [1.54, 1.807) is 6.07 Å². The monoisotopic (exact) mass is 285 g/mol. The number of rotatable bonds is 3. The van der Waals surface area contributed by atoms with Gasteiger partial charge in [-0.05, 0) is 50.4 Å². The normalized spacial score (nSPS) is 19.0. The Morgan fingerprint density at radius 1 is 1.29 bits per heavy atom. The van der Waals surface area contributed by atoms with E-state index in [-0.39, 0.29) is 5.43 Å². The number of H-pyrrole nitrogens is 1. The number of hydrogen-bond donors (Lipinski definition) is 3. The molecule has 0 radical (unpaired) electrons. The molecule has 2 aromatic rings. The highest BCUT2D eigenvalue weighted by molar-refractivity contribution is 5.82. The zero-order chi connectivity index (χ0) is 14.8. The van der Waals surface area contributed by atoms with E-state index >= 15 is 0 Å². The molecule has 1 fully saturated rings. The van der Waals surface area contributed by atoms with Gasteiger partial charge in [-0.15, -0.1) is 0 Å². The maximum atomic E-state index is 12.3. The first-order chi connectivity index (χ1) is 10.1. The second kappa shape index (κ2) is 6.00. The lowest BCUT2D eigenvalue weighted by Gasteiger charge is -2.24. The number of piperidine rings is 1. The molecule has 1 aromatic carbocycles. The second-order valence-corrected chi connectivity index (χ2v) is 6.09. The average Bonchev–Trinajstić information content (AvgIpc) is 2.47. The Hall–Kier alpha value is -1.65. The van der Waals surface area contributed by atoms with E-state index in [0.29, 0.717) is 12.6 Å². The Balaban J connectivity index is 1.84. The predicted molar refractivity (Wildman–Crippen MR) is 86.8 cm³/mol.